The molecule has 2 aromatic carbocycles. The van der Waals surface area contributed by atoms with Gasteiger partial charge in [0.25, 0.3) is 5.91 Å². The second kappa shape index (κ2) is 8.03. The Kier molecular flexibility index (Phi) is 5.76. The summed E-state index contributed by atoms with van der Waals surface area (Å²) in [6, 6.07) is 12.5. The van der Waals surface area contributed by atoms with E-state index in [2.05, 4.69) is 28.8 Å². The van der Waals surface area contributed by atoms with Gasteiger partial charge in [0.05, 0.1) is 5.75 Å². The Morgan fingerprint density at radius 3 is 2.65 bits per heavy atom. The number of carbonyl (C=O) groups is 1. The molecule has 0 spiro atoms. The molecule has 2 aromatic rings. The zero-order valence-corrected chi connectivity index (χ0v) is 14.8. The van der Waals surface area contributed by atoms with Gasteiger partial charge in [-0.2, -0.15) is 13.2 Å². The van der Waals surface area contributed by atoms with Crippen LogP contribution in [0.3, 0.4) is 0 Å². The first-order chi connectivity index (χ1) is 12.4. The lowest BCUT2D eigenvalue weighted by Gasteiger charge is -2.08. The van der Waals surface area contributed by atoms with Crippen LogP contribution in [0.5, 0.6) is 0 Å². The molecule has 0 aliphatic carbocycles. The zero-order chi connectivity index (χ0) is 18.6. The molecule has 138 valence electrons. The summed E-state index contributed by atoms with van der Waals surface area (Å²) in [4.78, 5) is 12.6. The normalized spacial score (nSPS) is 13.2. The number of amides is 1. The monoisotopic (exact) mass is 380 g/mol. The highest BCUT2D eigenvalue weighted by atomic mass is 32.2. The van der Waals surface area contributed by atoms with E-state index in [0.717, 1.165) is 19.4 Å². The summed E-state index contributed by atoms with van der Waals surface area (Å²) >= 11 is 0.711. The number of hydrogen-bond donors (Lipinski definition) is 2. The van der Waals surface area contributed by atoms with Gasteiger partial charge in [-0.1, -0.05) is 12.1 Å². The molecule has 0 saturated heterocycles. The first-order valence-corrected chi connectivity index (χ1v) is 9.33. The number of alkyl halides is 3. The Morgan fingerprint density at radius 2 is 1.92 bits per heavy atom. The van der Waals surface area contributed by atoms with Crippen molar-refractivity contribution in [3.8, 4) is 0 Å². The molecule has 1 aliphatic heterocycles. The number of hydrogen-bond acceptors (Lipinski definition) is 3. The molecule has 7 heteroatoms. The molecule has 1 heterocycles. The van der Waals surface area contributed by atoms with E-state index >= 15 is 0 Å². The molecule has 3 nitrogen and oxygen atoms in total. The second-order valence-corrected chi connectivity index (χ2v) is 7.15. The van der Waals surface area contributed by atoms with Crippen LogP contribution in [0.4, 0.5) is 18.9 Å². The first kappa shape index (κ1) is 18.6. The Labute approximate surface area is 154 Å². The first-order valence-electron chi connectivity index (χ1n) is 8.34. The average Bonchev–Trinajstić information content (AvgIpc) is 3.07. The summed E-state index contributed by atoms with van der Waals surface area (Å²) < 4.78 is 36.6. The molecule has 0 bridgehead atoms. The molecule has 1 aliphatic rings. The van der Waals surface area contributed by atoms with E-state index in [1.807, 2.05) is 0 Å². The van der Waals surface area contributed by atoms with Gasteiger partial charge in [0.2, 0.25) is 0 Å². The number of anilines is 1. The minimum absolute atomic E-state index is 0.222. The lowest BCUT2D eigenvalue weighted by Crippen LogP contribution is -2.25. The van der Waals surface area contributed by atoms with Crippen LogP contribution in [0.15, 0.2) is 47.4 Å². The van der Waals surface area contributed by atoms with Gasteiger partial charge in [0.1, 0.15) is 0 Å². The molecule has 0 radical (unpaired) electrons. The van der Waals surface area contributed by atoms with Gasteiger partial charge in [0, 0.05) is 29.2 Å². The van der Waals surface area contributed by atoms with Crippen molar-refractivity contribution in [1.29, 1.82) is 0 Å². The SMILES string of the molecule is O=C(NCCc1ccc2c(c1)CCN2)c1ccc(SCC(F)(F)F)cc1. The van der Waals surface area contributed by atoms with E-state index in [9.17, 15) is 18.0 Å². The number of fused-ring (bicyclic) bond motifs is 1. The highest BCUT2D eigenvalue weighted by molar-refractivity contribution is 7.99. The van der Waals surface area contributed by atoms with Crippen LogP contribution >= 0.6 is 11.8 Å². The smallest absolute Gasteiger partial charge is 0.384 e. The zero-order valence-electron chi connectivity index (χ0n) is 14.0. The third-order valence-corrected chi connectivity index (χ3v) is 5.17. The second-order valence-electron chi connectivity index (χ2n) is 6.10. The van der Waals surface area contributed by atoms with Gasteiger partial charge in [-0.15, -0.1) is 11.8 Å². The summed E-state index contributed by atoms with van der Waals surface area (Å²) in [5.74, 6) is -1.16. The maximum Gasteiger partial charge on any atom is 0.398 e. The average molecular weight is 380 g/mol. The Morgan fingerprint density at radius 1 is 1.15 bits per heavy atom. The molecule has 1 amide bonds. The van der Waals surface area contributed by atoms with Crippen molar-refractivity contribution in [2.24, 2.45) is 0 Å². The molecule has 0 aromatic heterocycles. The van der Waals surface area contributed by atoms with Crippen molar-refractivity contribution >= 4 is 23.4 Å². The summed E-state index contributed by atoms with van der Waals surface area (Å²) in [6.45, 7) is 1.47. The number of halogens is 3. The molecule has 0 atom stereocenters. The Bertz CT molecular complexity index is 775. The summed E-state index contributed by atoms with van der Waals surface area (Å²) in [7, 11) is 0. The largest absolute Gasteiger partial charge is 0.398 e. The fraction of sp³-hybridized carbons (Fsp3) is 0.316. The minimum Gasteiger partial charge on any atom is -0.384 e. The standard InChI is InChI=1S/C19H19F3N2OS/c20-19(21,22)12-26-16-4-2-14(3-5-16)18(25)24-9-7-13-1-6-17-15(11-13)8-10-23-17/h1-6,11,23H,7-10,12H2,(H,24,25). The van der Waals surface area contributed by atoms with Crippen molar-refractivity contribution in [2.75, 3.05) is 24.2 Å². The summed E-state index contributed by atoms with van der Waals surface area (Å²) in [6.07, 6.45) is -2.44. The van der Waals surface area contributed by atoms with E-state index in [-0.39, 0.29) is 5.91 Å². The van der Waals surface area contributed by atoms with Crippen molar-refractivity contribution in [3.05, 3.63) is 59.2 Å². The highest BCUT2D eigenvalue weighted by Gasteiger charge is 2.27. The van der Waals surface area contributed by atoms with Crippen molar-refractivity contribution in [1.82, 2.24) is 5.32 Å². The third-order valence-electron chi connectivity index (χ3n) is 4.10. The van der Waals surface area contributed by atoms with Gasteiger partial charge in [0.15, 0.2) is 0 Å². The van der Waals surface area contributed by atoms with Crippen LogP contribution in [0.1, 0.15) is 21.5 Å². The van der Waals surface area contributed by atoms with Gasteiger partial charge >= 0.3 is 6.18 Å². The molecule has 3 rings (SSSR count). The third kappa shape index (κ3) is 5.17. The maximum atomic E-state index is 12.2. The van der Waals surface area contributed by atoms with Crippen LogP contribution < -0.4 is 10.6 Å². The van der Waals surface area contributed by atoms with Gasteiger partial charge in [-0.05, 0) is 54.3 Å². The van der Waals surface area contributed by atoms with Gasteiger partial charge < -0.3 is 10.6 Å². The molecule has 0 unspecified atom stereocenters. The Balaban J connectivity index is 1.47. The van der Waals surface area contributed by atoms with E-state index in [1.54, 1.807) is 24.3 Å². The van der Waals surface area contributed by atoms with Crippen LogP contribution in [-0.2, 0) is 12.8 Å². The minimum atomic E-state index is -4.20. The maximum absolute atomic E-state index is 12.2. The predicted octanol–water partition coefficient (Wildman–Crippen LogP) is 4.28. The molecular formula is C19H19F3N2OS. The number of thioether (sulfide) groups is 1. The van der Waals surface area contributed by atoms with Crippen molar-refractivity contribution in [2.45, 2.75) is 23.9 Å². The van der Waals surface area contributed by atoms with E-state index < -0.39 is 11.9 Å². The Hall–Kier alpha value is -2.15. The van der Waals surface area contributed by atoms with Crippen LogP contribution in [0.25, 0.3) is 0 Å². The fourth-order valence-corrected chi connectivity index (χ4v) is 3.46. The molecule has 0 saturated carbocycles. The van der Waals surface area contributed by atoms with E-state index in [0.29, 0.717) is 28.8 Å². The van der Waals surface area contributed by atoms with Crippen molar-refractivity contribution in [3.63, 3.8) is 0 Å². The predicted molar refractivity (Wildman–Crippen MR) is 97.9 cm³/mol. The van der Waals surface area contributed by atoms with E-state index in [4.69, 9.17) is 0 Å². The number of nitrogens with one attached hydrogen (secondary N) is 2. The van der Waals surface area contributed by atoms with Crippen LogP contribution in [0, 0.1) is 0 Å². The molecule has 26 heavy (non-hydrogen) atoms. The van der Waals surface area contributed by atoms with Crippen LogP contribution in [0.2, 0.25) is 0 Å². The van der Waals surface area contributed by atoms with Gasteiger partial charge in [-0.25, -0.2) is 0 Å². The summed E-state index contributed by atoms with van der Waals surface area (Å²) in [5.41, 5.74) is 4.10. The lowest BCUT2D eigenvalue weighted by molar-refractivity contribution is -0.105. The lowest BCUT2D eigenvalue weighted by atomic mass is 10.1. The molecule has 2 N–H and O–H groups in total. The van der Waals surface area contributed by atoms with Crippen molar-refractivity contribution < 1.29 is 18.0 Å². The quantitative estimate of drug-likeness (QED) is 0.735. The number of benzene rings is 2. The number of carbonyl (C=O) groups excluding carboxylic acids is 1. The topological polar surface area (TPSA) is 41.1 Å². The molecule has 0 fully saturated rings. The number of rotatable bonds is 6. The van der Waals surface area contributed by atoms with Gasteiger partial charge in [-0.3, -0.25) is 4.79 Å². The molecular weight excluding hydrogens is 361 g/mol. The van der Waals surface area contributed by atoms with E-state index in [1.165, 1.54) is 16.8 Å². The highest BCUT2D eigenvalue weighted by Crippen LogP contribution is 2.27. The van der Waals surface area contributed by atoms with Crippen LogP contribution in [-0.4, -0.2) is 30.9 Å². The fourth-order valence-electron chi connectivity index (χ4n) is 2.80. The summed E-state index contributed by atoms with van der Waals surface area (Å²) in [5, 5.41) is 6.16.